The van der Waals surface area contributed by atoms with E-state index >= 15 is 0 Å². The number of aromatic nitrogens is 3. The van der Waals surface area contributed by atoms with Crippen LogP contribution >= 0.6 is 0 Å². The minimum absolute atomic E-state index is 0.268. The van der Waals surface area contributed by atoms with Gasteiger partial charge in [-0.3, -0.25) is 0 Å². The Bertz CT molecular complexity index is 1360. The molecule has 1 saturated heterocycles. The molecule has 4 aromatic rings. The molecule has 3 heterocycles. The number of anilines is 3. The number of ether oxygens (including phenoxy) is 1. The number of fused-ring (bicyclic) bond motifs is 1. The predicted octanol–water partition coefficient (Wildman–Crippen LogP) is 3.38. The molecule has 0 amide bonds. The zero-order valence-electron chi connectivity index (χ0n) is 17.6. The number of benzene rings is 2. The summed E-state index contributed by atoms with van der Waals surface area (Å²) in [6.45, 7) is 3.31. The number of nitrogens with zero attached hydrogens (tertiary/aromatic N) is 4. The van der Waals surface area contributed by atoms with E-state index in [2.05, 4.69) is 27.4 Å². The third kappa shape index (κ3) is 4.17. The van der Waals surface area contributed by atoms with Crippen molar-refractivity contribution in [3.8, 4) is 11.1 Å². The van der Waals surface area contributed by atoms with Crippen LogP contribution in [-0.2, 0) is 14.6 Å². The Morgan fingerprint density at radius 2 is 1.81 bits per heavy atom. The summed E-state index contributed by atoms with van der Waals surface area (Å²) in [7, 11) is -3.30. The standard InChI is InChI=1S/C23H23N5O3S/c1-32(29,30)20-4-2-3-17(15-20)21-16-24-28-10-9-22(26-23(21)28)25-18-5-7-19(8-6-18)27-11-13-31-14-12-27/h2-10,15-16H,11-14H2,1H3,(H,25,26). The lowest BCUT2D eigenvalue weighted by Gasteiger charge is -2.28. The maximum Gasteiger partial charge on any atom is 0.175 e. The molecule has 1 aliphatic heterocycles. The van der Waals surface area contributed by atoms with E-state index in [4.69, 9.17) is 9.72 Å². The molecule has 0 atom stereocenters. The number of sulfone groups is 1. The van der Waals surface area contributed by atoms with Gasteiger partial charge in [0.25, 0.3) is 0 Å². The zero-order valence-corrected chi connectivity index (χ0v) is 18.4. The Labute approximate surface area is 186 Å². The van der Waals surface area contributed by atoms with E-state index in [0.29, 0.717) is 11.5 Å². The lowest BCUT2D eigenvalue weighted by molar-refractivity contribution is 0.122. The quantitative estimate of drug-likeness (QED) is 0.500. The number of rotatable bonds is 5. The monoisotopic (exact) mass is 449 g/mol. The van der Waals surface area contributed by atoms with Gasteiger partial charge in [-0.15, -0.1) is 0 Å². The molecule has 1 N–H and O–H groups in total. The number of hydrogen-bond acceptors (Lipinski definition) is 7. The highest BCUT2D eigenvalue weighted by molar-refractivity contribution is 7.90. The topological polar surface area (TPSA) is 88.8 Å². The van der Waals surface area contributed by atoms with Crippen LogP contribution in [0.15, 0.2) is 71.9 Å². The summed E-state index contributed by atoms with van der Waals surface area (Å²) in [5.74, 6) is 0.678. The molecule has 5 rings (SSSR count). The fourth-order valence-corrected chi connectivity index (χ4v) is 4.43. The minimum Gasteiger partial charge on any atom is -0.378 e. The SMILES string of the molecule is CS(=O)(=O)c1cccc(-c2cnn3ccc(Nc4ccc(N5CCOCC5)cc4)nc23)c1. The molecule has 0 spiro atoms. The fourth-order valence-electron chi connectivity index (χ4n) is 3.76. The van der Waals surface area contributed by atoms with Crippen molar-refractivity contribution in [1.29, 1.82) is 0 Å². The van der Waals surface area contributed by atoms with E-state index < -0.39 is 9.84 Å². The summed E-state index contributed by atoms with van der Waals surface area (Å²) >= 11 is 0. The van der Waals surface area contributed by atoms with E-state index in [-0.39, 0.29) is 4.90 Å². The highest BCUT2D eigenvalue weighted by Crippen LogP contribution is 2.27. The summed E-state index contributed by atoms with van der Waals surface area (Å²) in [5, 5.41) is 7.70. The van der Waals surface area contributed by atoms with Crippen molar-refractivity contribution in [2.24, 2.45) is 0 Å². The summed E-state index contributed by atoms with van der Waals surface area (Å²) in [6.07, 6.45) is 4.73. The highest BCUT2D eigenvalue weighted by atomic mass is 32.2. The Morgan fingerprint density at radius 1 is 1.03 bits per heavy atom. The van der Waals surface area contributed by atoms with E-state index in [9.17, 15) is 8.42 Å². The largest absolute Gasteiger partial charge is 0.378 e. The molecule has 1 fully saturated rings. The first-order valence-electron chi connectivity index (χ1n) is 10.3. The normalized spacial score (nSPS) is 14.6. The van der Waals surface area contributed by atoms with Crippen LogP contribution in [0.2, 0.25) is 0 Å². The molecular weight excluding hydrogens is 426 g/mol. The van der Waals surface area contributed by atoms with E-state index in [1.54, 1.807) is 28.9 Å². The van der Waals surface area contributed by atoms with Gasteiger partial charge in [-0.25, -0.2) is 17.9 Å². The van der Waals surface area contributed by atoms with E-state index in [1.165, 1.54) is 11.9 Å². The molecule has 9 heteroatoms. The van der Waals surface area contributed by atoms with Gasteiger partial charge < -0.3 is 15.0 Å². The Kier molecular flexibility index (Phi) is 5.28. The minimum atomic E-state index is -3.30. The highest BCUT2D eigenvalue weighted by Gasteiger charge is 2.14. The van der Waals surface area contributed by atoms with Crippen molar-refractivity contribution < 1.29 is 13.2 Å². The molecule has 2 aromatic heterocycles. The Morgan fingerprint density at radius 3 is 2.56 bits per heavy atom. The molecule has 164 valence electrons. The number of nitrogens with one attached hydrogen (secondary N) is 1. The van der Waals surface area contributed by atoms with Crippen LogP contribution in [0.1, 0.15) is 0 Å². The fraction of sp³-hybridized carbons (Fsp3) is 0.217. The van der Waals surface area contributed by atoms with Gasteiger partial charge in [0.1, 0.15) is 5.82 Å². The molecule has 0 bridgehead atoms. The van der Waals surface area contributed by atoms with Crippen LogP contribution in [0.25, 0.3) is 16.8 Å². The van der Waals surface area contributed by atoms with Crippen LogP contribution in [0.3, 0.4) is 0 Å². The molecule has 2 aromatic carbocycles. The smallest absolute Gasteiger partial charge is 0.175 e. The van der Waals surface area contributed by atoms with Crippen LogP contribution in [0.4, 0.5) is 17.2 Å². The molecular formula is C23H23N5O3S. The average molecular weight is 450 g/mol. The van der Waals surface area contributed by atoms with Gasteiger partial charge in [0.2, 0.25) is 0 Å². The summed E-state index contributed by atoms with van der Waals surface area (Å²) in [5.41, 5.74) is 4.26. The second-order valence-electron chi connectivity index (χ2n) is 7.71. The van der Waals surface area contributed by atoms with Crippen LogP contribution in [0, 0.1) is 0 Å². The van der Waals surface area contributed by atoms with Crippen LogP contribution in [-0.4, -0.2) is 55.6 Å². The summed E-state index contributed by atoms with van der Waals surface area (Å²) < 4.78 is 31.0. The predicted molar refractivity (Wildman–Crippen MR) is 124 cm³/mol. The summed E-state index contributed by atoms with van der Waals surface area (Å²) in [6, 6.07) is 16.9. The van der Waals surface area contributed by atoms with Gasteiger partial charge in [0, 0.05) is 42.5 Å². The first-order chi connectivity index (χ1) is 15.5. The van der Waals surface area contributed by atoms with Gasteiger partial charge in [0.05, 0.1) is 24.3 Å². The van der Waals surface area contributed by atoms with E-state index in [0.717, 1.165) is 43.1 Å². The average Bonchev–Trinajstić information content (AvgIpc) is 3.23. The summed E-state index contributed by atoms with van der Waals surface area (Å²) in [4.78, 5) is 7.30. The van der Waals surface area contributed by atoms with Gasteiger partial charge in [0.15, 0.2) is 15.5 Å². The van der Waals surface area contributed by atoms with Crippen molar-refractivity contribution in [2.45, 2.75) is 4.90 Å². The number of hydrogen-bond donors (Lipinski definition) is 1. The lowest BCUT2D eigenvalue weighted by atomic mass is 10.1. The molecule has 1 aliphatic rings. The molecule has 32 heavy (non-hydrogen) atoms. The number of morpholine rings is 1. The van der Waals surface area contributed by atoms with Gasteiger partial charge >= 0.3 is 0 Å². The van der Waals surface area contributed by atoms with Crippen LogP contribution < -0.4 is 10.2 Å². The maximum atomic E-state index is 11.9. The third-order valence-electron chi connectivity index (χ3n) is 5.46. The van der Waals surface area contributed by atoms with Crippen molar-refractivity contribution >= 4 is 32.7 Å². The van der Waals surface area contributed by atoms with Gasteiger partial charge in [-0.05, 0) is 48.0 Å². The Hall–Kier alpha value is -3.43. The molecule has 0 saturated carbocycles. The first-order valence-corrected chi connectivity index (χ1v) is 12.2. The molecule has 0 aliphatic carbocycles. The van der Waals surface area contributed by atoms with Crippen LogP contribution in [0.5, 0.6) is 0 Å². The van der Waals surface area contributed by atoms with Crippen molar-refractivity contribution in [3.05, 3.63) is 67.0 Å². The Balaban J connectivity index is 1.42. The lowest BCUT2D eigenvalue weighted by Crippen LogP contribution is -2.36. The van der Waals surface area contributed by atoms with Crippen molar-refractivity contribution in [3.63, 3.8) is 0 Å². The maximum absolute atomic E-state index is 11.9. The molecule has 8 nitrogen and oxygen atoms in total. The van der Waals surface area contributed by atoms with E-state index in [1.807, 2.05) is 30.5 Å². The van der Waals surface area contributed by atoms with Gasteiger partial charge in [-0.1, -0.05) is 12.1 Å². The molecule has 0 unspecified atom stereocenters. The first kappa shape index (κ1) is 20.5. The van der Waals surface area contributed by atoms with Crippen molar-refractivity contribution in [2.75, 3.05) is 42.8 Å². The second kappa shape index (κ2) is 8.25. The van der Waals surface area contributed by atoms with Crippen molar-refractivity contribution in [1.82, 2.24) is 14.6 Å². The molecule has 0 radical (unpaired) electrons. The second-order valence-corrected chi connectivity index (χ2v) is 9.73. The zero-order chi connectivity index (χ0) is 22.1. The van der Waals surface area contributed by atoms with Gasteiger partial charge in [-0.2, -0.15) is 5.10 Å². The third-order valence-corrected chi connectivity index (χ3v) is 6.57.